The Morgan fingerprint density at radius 1 is 1.60 bits per heavy atom. The molecule has 86 valence electrons. The van der Waals surface area contributed by atoms with Crippen LogP contribution in [-0.2, 0) is 5.41 Å². The normalized spacial score (nSPS) is 14.1. The van der Waals surface area contributed by atoms with Gasteiger partial charge in [0.05, 0.1) is 6.10 Å². The van der Waals surface area contributed by atoms with Crippen molar-refractivity contribution in [2.45, 2.75) is 25.4 Å². The molecule has 0 bridgehead atoms. The molecule has 0 fully saturated rings. The summed E-state index contributed by atoms with van der Waals surface area (Å²) in [5.41, 5.74) is 6.55. The van der Waals surface area contributed by atoms with Gasteiger partial charge >= 0.3 is 0 Å². The molecule has 1 rings (SSSR count). The van der Waals surface area contributed by atoms with E-state index in [2.05, 4.69) is 30.2 Å². The molecule has 0 aliphatic rings. The van der Waals surface area contributed by atoms with E-state index in [1.54, 1.807) is 0 Å². The quantitative estimate of drug-likeness (QED) is 0.543. The number of hydrogen-bond acceptors (Lipinski definition) is 3. The number of hydrogen-bond donors (Lipinski definition) is 4. The van der Waals surface area contributed by atoms with Gasteiger partial charge in [0, 0.05) is 36.9 Å². The summed E-state index contributed by atoms with van der Waals surface area (Å²) in [6, 6.07) is 4.06. The van der Waals surface area contributed by atoms with E-state index in [9.17, 15) is 5.11 Å². The second-order valence-corrected chi connectivity index (χ2v) is 4.49. The summed E-state index contributed by atoms with van der Waals surface area (Å²) in [5.74, 6) is 0. The van der Waals surface area contributed by atoms with E-state index in [0.29, 0.717) is 13.1 Å². The first kappa shape index (κ1) is 12.2. The van der Waals surface area contributed by atoms with Crippen LogP contribution in [0.1, 0.15) is 19.5 Å². The Hall–Kier alpha value is -0.840. The maximum Gasteiger partial charge on any atom is 0.0786 e. The molecular formula is C11H21N3O. The minimum absolute atomic E-state index is 0.0395. The molecule has 0 aliphatic heterocycles. The molecule has 5 N–H and O–H groups in total. The van der Waals surface area contributed by atoms with Crippen LogP contribution in [0.3, 0.4) is 0 Å². The fourth-order valence-electron chi connectivity index (χ4n) is 1.48. The zero-order chi connectivity index (χ0) is 11.3. The molecule has 1 aromatic rings. The van der Waals surface area contributed by atoms with Crippen LogP contribution >= 0.6 is 0 Å². The third-order valence-electron chi connectivity index (χ3n) is 2.55. The predicted molar refractivity (Wildman–Crippen MR) is 61.7 cm³/mol. The lowest BCUT2D eigenvalue weighted by Gasteiger charge is -2.24. The Morgan fingerprint density at radius 2 is 2.33 bits per heavy atom. The number of nitrogens with one attached hydrogen (secondary N) is 2. The third kappa shape index (κ3) is 3.66. The molecule has 0 radical (unpaired) electrons. The van der Waals surface area contributed by atoms with Gasteiger partial charge in [-0.2, -0.15) is 0 Å². The number of aromatic nitrogens is 1. The van der Waals surface area contributed by atoms with Crippen LogP contribution in [0.15, 0.2) is 18.3 Å². The molecule has 0 spiro atoms. The van der Waals surface area contributed by atoms with E-state index in [4.69, 9.17) is 5.73 Å². The first-order chi connectivity index (χ1) is 7.06. The lowest BCUT2D eigenvalue weighted by Crippen LogP contribution is -2.39. The van der Waals surface area contributed by atoms with Crippen molar-refractivity contribution >= 4 is 0 Å². The highest BCUT2D eigenvalue weighted by Gasteiger charge is 2.20. The predicted octanol–water partition coefficient (Wildman–Crippen LogP) is 0.202. The van der Waals surface area contributed by atoms with Gasteiger partial charge in [0.2, 0.25) is 0 Å². The van der Waals surface area contributed by atoms with E-state index in [0.717, 1.165) is 6.54 Å². The highest BCUT2D eigenvalue weighted by molar-refractivity contribution is 5.15. The number of aliphatic hydroxyl groups excluding tert-OH is 1. The van der Waals surface area contributed by atoms with Crippen LogP contribution < -0.4 is 11.1 Å². The Labute approximate surface area is 90.9 Å². The number of aliphatic hydroxyl groups is 1. The van der Waals surface area contributed by atoms with Crippen LogP contribution in [0.4, 0.5) is 0 Å². The summed E-state index contributed by atoms with van der Waals surface area (Å²) < 4.78 is 0. The SMILES string of the molecule is CC(C)(CNCC(O)CN)c1ccc[nH]1. The lowest BCUT2D eigenvalue weighted by molar-refractivity contribution is 0.177. The molecule has 0 aromatic carbocycles. The van der Waals surface area contributed by atoms with Crippen LogP contribution in [-0.4, -0.2) is 35.8 Å². The highest BCUT2D eigenvalue weighted by atomic mass is 16.3. The average molecular weight is 211 g/mol. The van der Waals surface area contributed by atoms with E-state index < -0.39 is 6.10 Å². The minimum atomic E-state index is -0.454. The first-order valence-electron chi connectivity index (χ1n) is 5.29. The van der Waals surface area contributed by atoms with Crippen LogP contribution in [0.5, 0.6) is 0 Å². The largest absolute Gasteiger partial charge is 0.390 e. The van der Waals surface area contributed by atoms with Gasteiger partial charge in [-0.1, -0.05) is 13.8 Å². The molecule has 0 amide bonds. The zero-order valence-corrected chi connectivity index (χ0v) is 9.46. The average Bonchev–Trinajstić information content (AvgIpc) is 2.70. The van der Waals surface area contributed by atoms with Crippen molar-refractivity contribution in [3.63, 3.8) is 0 Å². The molecule has 1 unspecified atom stereocenters. The van der Waals surface area contributed by atoms with Crippen molar-refractivity contribution in [3.8, 4) is 0 Å². The lowest BCUT2D eigenvalue weighted by atomic mass is 9.89. The summed E-state index contributed by atoms with van der Waals surface area (Å²) in [4.78, 5) is 3.20. The Balaban J connectivity index is 2.37. The van der Waals surface area contributed by atoms with Crippen LogP contribution in [0.2, 0.25) is 0 Å². The number of aromatic amines is 1. The van der Waals surface area contributed by atoms with E-state index in [-0.39, 0.29) is 5.41 Å². The Morgan fingerprint density at radius 3 is 2.87 bits per heavy atom. The molecule has 1 atom stereocenters. The van der Waals surface area contributed by atoms with Gasteiger partial charge in [0.15, 0.2) is 0 Å². The first-order valence-corrected chi connectivity index (χ1v) is 5.29. The molecular weight excluding hydrogens is 190 g/mol. The highest BCUT2D eigenvalue weighted by Crippen LogP contribution is 2.19. The smallest absolute Gasteiger partial charge is 0.0786 e. The monoisotopic (exact) mass is 211 g/mol. The van der Waals surface area contributed by atoms with Crippen molar-refractivity contribution < 1.29 is 5.11 Å². The molecule has 0 aliphatic carbocycles. The summed E-state index contributed by atoms with van der Waals surface area (Å²) in [6.07, 6.45) is 1.47. The van der Waals surface area contributed by atoms with Crippen molar-refractivity contribution in [1.82, 2.24) is 10.3 Å². The molecule has 0 saturated carbocycles. The van der Waals surface area contributed by atoms with Crippen molar-refractivity contribution in [2.75, 3.05) is 19.6 Å². The van der Waals surface area contributed by atoms with Crippen LogP contribution in [0.25, 0.3) is 0 Å². The van der Waals surface area contributed by atoms with Gasteiger partial charge in [-0.3, -0.25) is 0 Å². The van der Waals surface area contributed by atoms with Gasteiger partial charge in [0.25, 0.3) is 0 Å². The van der Waals surface area contributed by atoms with Crippen molar-refractivity contribution in [3.05, 3.63) is 24.0 Å². The second kappa shape index (κ2) is 5.30. The molecule has 4 heteroatoms. The minimum Gasteiger partial charge on any atom is -0.390 e. The molecule has 15 heavy (non-hydrogen) atoms. The molecule has 4 nitrogen and oxygen atoms in total. The van der Waals surface area contributed by atoms with Gasteiger partial charge in [0.1, 0.15) is 0 Å². The molecule has 1 aromatic heterocycles. The summed E-state index contributed by atoms with van der Waals surface area (Å²) in [5, 5.41) is 12.5. The van der Waals surface area contributed by atoms with Gasteiger partial charge < -0.3 is 21.1 Å². The van der Waals surface area contributed by atoms with Crippen LogP contribution in [0, 0.1) is 0 Å². The zero-order valence-electron chi connectivity index (χ0n) is 9.46. The van der Waals surface area contributed by atoms with Gasteiger partial charge in [-0.05, 0) is 12.1 Å². The van der Waals surface area contributed by atoms with Gasteiger partial charge in [-0.25, -0.2) is 0 Å². The van der Waals surface area contributed by atoms with E-state index in [1.807, 2.05) is 12.3 Å². The fraction of sp³-hybridized carbons (Fsp3) is 0.636. The Kier molecular flexibility index (Phi) is 4.32. The number of nitrogens with two attached hydrogens (primary N) is 1. The standard InChI is InChI=1S/C11H21N3O/c1-11(2,10-4-3-5-14-10)8-13-7-9(15)6-12/h3-5,9,13-15H,6-8,12H2,1-2H3. The van der Waals surface area contributed by atoms with Gasteiger partial charge in [-0.15, -0.1) is 0 Å². The van der Waals surface area contributed by atoms with Crippen molar-refractivity contribution in [2.24, 2.45) is 5.73 Å². The Bertz CT molecular complexity index is 269. The third-order valence-corrected chi connectivity index (χ3v) is 2.55. The fourth-order valence-corrected chi connectivity index (χ4v) is 1.48. The van der Waals surface area contributed by atoms with E-state index >= 15 is 0 Å². The topological polar surface area (TPSA) is 74.1 Å². The summed E-state index contributed by atoms with van der Waals surface area (Å²) in [6.45, 7) is 5.96. The molecule has 1 heterocycles. The van der Waals surface area contributed by atoms with E-state index in [1.165, 1.54) is 5.69 Å². The number of H-pyrrole nitrogens is 1. The maximum absolute atomic E-state index is 9.29. The summed E-state index contributed by atoms with van der Waals surface area (Å²) >= 11 is 0. The summed E-state index contributed by atoms with van der Waals surface area (Å²) in [7, 11) is 0. The second-order valence-electron chi connectivity index (χ2n) is 4.49. The molecule has 0 saturated heterocycles. The number of rotatable bonds is 6. The van der Waals surface area contributed by atoms with Crippen molar-refractivity contribution in [1.29, 1.82) is 0 Å². The maximum atomic E-state index is 9.29.